The normalized spacial score (nSPS) is 19.8. The summed E-state index contributed by atoms with van der Waals surface area (Å²) < 4.78 is 11.2. The molecule has 11 heteroatoms. The van der Waals surface area contributed by atoms with Gasteiger partial charge in [-0.15, -0.1) is 0 Å². The number of aliphatic hydroxyl groups excluding tert-OH is 7. The van der Waals surface area contributed by atoms with Crippen LogP contribution in [-0.2, 0) is 14.3 Å². The maximum Gasteiger partial charge on any atom is 0.249 e. The molecule has 11 nitrogen and oxygen atoms in total. The summed E-state index contributed by atoms with van der Waals surface area (Å²) >= 11 is 0. The first-order valence-electron chi connectivity index (χ1n) is 32.5. The first-order chi connectivity index (χ1) is 37.7. The largest absolute Gasteiger partial charge is 0.394 e. The molecular formula is C66H123NO10. The van der Waals surface area contributed by atoms with Gasteiger partial charge in [-0.2, -0.15) is 0 Å². The summed E-state index contributed by atoms with van der Waals surface area (Å²) in [6, 6.07) is -1.19. The second-order valence-corrected chi connectivity index (χ2v) is 22.8. The summed E-state index contributed by atoms with van der Waals surface area (Å²) in [5, 5.41) is 76.3. The van der Waals surface area contributed by atoms with Gasteiger partial charge >= 0.3 is 0 Å². The Morgan fingerprint density at radius 3 is 1.23 bits per heavy atom. The number of nitrogens with one attached hydrogen (secondary N) is 1. The van der Waals surface area contributed by atoms with Gasteiger partial charge in [0.2, 0.25) is 5.91 Å². The molecule has 452 valence electrons. The monoisotopic (exact) mass is 1090 g/mol. The predicted octanol–water partition coefficient (Wildman–Crippen LogP) is 14.8. The number of ether oxygens (including phenoxy) is 2. The molecule has 8 N–H and O–H groups in total. The maximum absolute atomic E-state index is 13.2. The molecule has 77 heavy (non-hydrogen) atoms. The van der Waals surface area contributed by atoms with Crippen LogP contribution in [0.1, 0.15) is 296 Å². The molecule has 0 aromatic rings. The fourth-order valence-electron chi connectivity index (χ4n) is 10.3. The summed E-state index contributed by atoms with van der Waals surface area (Å²) in [5.74, 6) is -0.709. The van der Waals surface area contributed by atoms with E-state index >= 15 is 0 Å². The van der Waals surface area contributed by atoms with Gasteiger partial charge in [-0.1, -0.05) is 262 Å². The van der Waals surface area contributed by atoms with Gasteiger partial charge in [0.1, 0.15) is 36.6 Å². The summed E-state index contributed by atoms with van der Waals surface area (Å²) in [7, 11) is 0. The molecule has 0 bridgehead atoms. The molecule has 1 rings (SSSR count). The Morgan fingerprint density at radius 1 is 0.455 bits per heavy atom. The van der Waals surface area contributed by atoms with Crippen LogP contribution in [0.25, 0.3) is 0 Å². The molecule has 1 saturated heterocycles. The number of aliphatic hydroxyl groups is 7. The average molecular weight is 1090 g/mol. The van der Waals surface area contributed by atoms with Crippen LogP contribution >= 0.6 is 0 Å². The molecule has 0 aromatic heterocycles. The number of carbonyl (C=O) groups is 1. The van der Waals surface area contributed by atoms with Crippen molar-refractivity contribution in [3.05, 3.63) is 48.6 Å². The smallest absolute Gasteiger partial charge is 0.249 e. The van der Waals surface area contributed by atoms with Gasteiger partial charge in [0, 0.05) is 0 Å². The fraction of sp³-hybridized carbons (Fsp3) is 0.864. The van der Waals surface area contributed by atoms with Crippen molar-refractivity contribution >= 4 is 5.91 Å². The lowest BCUT2D eigenvalue weighted by atomic mass is 9.98. The number of carbonyl (C=O) groups excluding carboxylic acids is 1. The summed E-state index contributed by atoms with van der Waals surface area (Å²) in [5.41, 5.74) is 0. The first-order valence-corrected chi connectivity index (χ1v) is 32.5. The van der Waals surface area contributed by atoms with E-state index in [1.54, 1.807) is 0 Å². The van der Waals surface area contributed by atoms with Crippen LogP contribution < -0.4 is 5.32 Å². The van der Waals surface area contributed by atoms with E-state index < -0.39 is 74.2 Å². The van der Waals surface area contributed by atoms with E-state index in [4.69, 9.17) is 9.47 Å². The third-order valence-corrected chi connectivity index (χ3v) is 15.6. The summed E-state index contributed by atoms with van der Waals surface area (Å²) in [4.78, 5) is 13.2. The number of hydrogen-bond acceptors (Lipinski definition) is 10. The van der Waals surface area contributed by atoms with Gasteiger partial charge in [-0.05, 0) is 83.5 Å². The Morgan fingerprint density at radius 2 is 0.818 bits per heavy atom. The zero-order chi connectivity index (χ0) is 56.1. The van der Waals surface area contributed by atoms with Crippen molar-refractivity contribution in [2.24, 2.45) is 0 Å². The van der Waals surface area contributed by atoms with Crippen LogP contribution in [0.15, 0.2) is 48.6 Å². The van der Waals surface area contributed by atoms with Crippen molar-refractivity contribution in [1.82, 2.24) is 5.32 Å². The number of rotatable bonds is 56. The number of amides is 1. The van der Waals surface area contributed by atoms with Crippen LogP contribution in [0.5, 0.6) is 0 Å². The van der Waals surface area contributed by atoms with E-state index in [2.05, 4.69) is 67.8 Å². The standard InChI is InChI=1S/C66H123NO10/c1-3-5-7-9-11-13-15-17-19-21-23-25-27-28-29-30-31-32-34-36-38-40-42-44-46-48-50-52-54-59(70)65(75)67-57(56-76-66-64(74)63(73)62(72)60(55-68)77-66)61(71)58(69)53-51-49-47-45-43-41-39-37-35-33-26-24-22-20-18-16-14-12-10-8-6-4-2/h23,25,28-29,37,39,45,47,57-64,66,68-74H,3-22,24,26-27,30-36,38,40-44,46,48-56H2,1-2H3,(H,67,75)/b25-23-,29-28-,39-37+,47-45+. The third-order valence-electron chi connectivity index (χ3n) is 15.6. The molecule has 1 fully saturated rings. The number of hydrogen-bond donors (Lipinski definition) is 8. The Labute approximate surface area is 472 Å². The number of unbranched alkanes of at least 4 members (excludes halogenated alkanes) is 36. The lowest BCUT2D eigenvalue weighted by Gasteiger charge is -2.40. The van der Waals surface area contributed by atoms with E-state index in [1.807, 2.05) is 0 Å². The molecule has 0 aromatic carbocycles. The van der Waals surface area contributed by atoms with E-state index in [-0.39, 0.29) is 12.8 Å². The molecule has 1 aliphatic heterocycles. The lowest BCUT2D eigenvalue weighted by Crippen LogP contribution is -2.60. The number of allylic oxidation sites excluding steroid dienone is 8. The Balaban J connectivity index is 2.27. The predicted molar refractivity (Wildman–Crippen MR) is 321 cm³/mol. The quantitative estimate of drug-likeness (QED) is 0.0215. The molecule has 1 aliphatic rings. The summed E-state index contributed by atoms with van der Waals surface area (Å²) in [6.07, 6.45) is 58.9. The minimum absolute atomic E-state index is 0.246. The highest BCUT2D eigenvalue weighted by atomic mass is 16.7. The van der Waals surface area contributed by atoms with E-state index in [1.165, 1.54) is 205 Å². The molecular weight excluding hydrogens is 967 g/mol. The van der Waals surface area contributed by atoms with Gasteiger partial charge in [-0.25, -0.2) is 0 Å². The minimum Gasteiger partial charge on any atom is -0.394 e. The van der Waals surface area contributed by atoms with Crippen LogP contribution in [-0.4, -0.2) is 110 Å². The van der Waals surface area contributed by atoms with Crippen molar-refractivity contribution in [2.75, 3.05) is 13.2 Å². The van der Waals surface area contributed by atoms with E-state index in [0.717, 1.165) is 44.9 Å². The molecule has 0 spiro atoms. The SMILES string of the molecule is CCCCCCCCCCC/C=C\C/C=C\CCCCCCCCCCCCCCC(O)C(=O)NC(COC1OC(CO)C(O)C(O)C1O)C(O)C(O)CCC/C=C/CC/C=C/CCCCCCCCCCCCCCC. The molecule has 9 atom stereocenters. The van der Waals surface area contributed by atoms with Gasteiger partial charge in [-0.3, -0.25) is 4.79 Å². The van der Waals surface area contributed by atoms with Crippen molar-refractivity contribution < 1.29 is 50.0 Å². The highest BCUT2D eigenvalue weighted by Crippen LogP contribution is 2.23. The van der Waals surface area contributed by atoms with Gasteiger partial charge in [0.05, 0.1) is 25.4 Å². The lowest BCUT2D eigenvalue weighted by molar-refractivity contribution is -0.303. The average Bonchev–Trinajstić information content (AvgIpc) is 3.43. The topological polar surface area (TPSA) is 189 Å². The van der Waals surface area contributed by atoms with Crippen molar-refractivity contribution in [3.63, 3.8) is 0 Å². The highest BCUT2D eigenvalue weighted by molar-refractivity contribution is 5.80. The molecule has 1 amide bonds. The highest BCUT2D eigenvalue weighted by Gasteiger charge is 2.44. The zero-order valence-electron chi connectivity index (χ0n) is 49.7. The zero-order valence-corrected chi connectivity index (χ0v) is 49.7. The van der Waals surface area contributed by atoms with Gasteiger partial charge in [0.15, 0.2) is 6.29 Å². The molecule has 0 saturated carbocycles. The first kappa shape index (κ1) is 73.1. The summed E-state index contributed by atoms with van der Waals surface area (Å²) in [6.45, 7) is 3.47. The van der Waals surface area contributed by atoms with Gasteiger partial charge < -0.3 is 50.5 Å². The second-order valence-electron chi connectivity index (χ2n) is 22.8. The van der Waals surface area contributed by atoms with Crippen molar-refractivity contribution in [2.45, 2.75) is 351 Å². The maximum atomic E-state index is 13.2. The van der Waals surface area contributed by atoms with Crippen LogP contribution in [0, 0.1) is 0 Å². The third kappa shape index (κ3) is 42.6. The molecule has 9 unspecified atom stereocenters. The van der Waals surface area contributed by atoms with Crippen LogP contribution in [0.4, 0.5) is 0 Å². The van der Waals surface area contributed by atoms with Crippen LogP contribution in [0.3, 0.4) is 0 Å². The van der Waals surface area contributed by atoms with E-state index in [0.29, 0.717) is 19.3 Å². The Kier molecular flexibility index (Phi) is 51.9. The molecule has 0 aliphatic carbocycles. The fourth-order valence-corrected chi connectivity index (χ4v) is 10.3. The van der Waals surface area contributed by atoms with Crippen molar-refractivity contribution in [3.8, 4) is 0 Å². The van der Waals surface area contributed by atoms with Crippen molar-refractivity contribution in [1.29, 1.82) is 0 Å². The molecule has 0 radical (unpaired) electrons. The van der Waals surface area contributed by atoms with Gasteiger partial charge in [0.25, 0.3) is 0 Å². The second kappa shape index (κ2) is 54.6. The van der Waals surface area contributed by atoms with E-state index in [9.17, 15) is 40.5 Å². The Hall–Kier alpha value is -1.93. The minimum atomic E-state index is -1.67. The van der Waals surface area contributed by atoms with Crippen LogP contribution in [0.2, 0.25) is 0 Å². The molecule has 1 heterocycles. The Bertz CT molecular complexity index is 1390.